The summed E-state index contributed by atoms with van der Waals surface area (Å²) in [6, 6.07) is 20.9. The zero-order valence-corrected chi connectivity index (χ0v) is 26.0. The van der Waals surface area contributed by atoms with E-state index in [1.807, 2.05) is 30.3 Å². The number of nitrogens with zero attached hydrogens (tertiary/aromatic N) is 1. The first-order valence-electron chi connectivity index (χ1n) is 15.0. The molecule has 0 aliphatic heterocycles. The second-order valence-corrected chi connectivity index (χ2v) is 11.7. The predicted octanol–water partition coefficient (Wildman–Crippen LogP) is 5.89. The Balaban J connectivity index is 2.03. The highest BCUT2D eigenvalue weighted by molar-refractivity contribution is 5.92. The topological polar surface area (TPSA) is 108 Å². The molecule has 0 spiro atoms. The molecular weight excluding hydrogens is 554 g/mol. The monoisotopic (exact) mass is 597 g/mol. The molecule has 0 fully saturated rings. The van der Waals surface area contributed by atoms with Crippen molar-refractivity contribution in [1.29, 1.82) is 0 Å². The van der Waals surface area contributed by atoms with Crippen LogP contribution >= 0.6 is 0 Å². The molecule has 3 N–H and O–H groups in total. The summed E-state index contributed by atoms with van der Waals surface area (Å²) in [5, 5.41) is 15.6. The van der Waals surface area contributed by atoms with E-state index >= 15 is 0 Å². The van der Waals surface area contributed by atoms with Gasteiger partial charge in [-0.2, -0.15) is 0 Å². The molecule has 232 valence electrons. The fraction of sp³-hybridized carbons (Fsp3) is 0.361. The number of alkyl carbamates (subject to hydrolysis) is 1. The van der Waals surface area contributed by atoms with E-state index in [9.17, 15) is 19.5 Å². The first-order valence-corrected chi connectivity index (χ1v) is 15.0. The molecule has 3 aromatic carbocycles. The number of hydrogen-bond donors (Lipinski definition) is 3. The Morgan fingerprint density at radius 2 is 1.59 bits per heavy atom. The number of rotatable bonds is 13. The maximum atomic E-state index is 14.5. The highest BCUT2D eigenvalue weighted by Crippen LogP contribution is 2.25. The van der Waals surface area contributed by atoms with Crippen molar-refractivity contribution >= 4 is 17.9 Å². The molecule has 2 atom stereocenters. The van der Waals surface area contributed by atoms with E-state index in [2.05, 4.69) is 23.5 Å². The summed E-state index contributed by atoms with van der Waals surface area (Å²) in [5.41, 5.74) is 2.10. The molecule has 44 heavy (non-hydrogen) atoms. The number of phenolic OH excluding ortho intramolecular Hbond substituents is 1. The highest BCUT2D eigenvalue weighted by atomic mass is 16.6. The van der Waals surface area contributed by atoms with Gasteiger partial charge >= 0.3 is 6.09 Å². The van der Waals surface area contributed by atoms with E-state index < -0.39 is 29.7 Å². The Morgan fingerprint density at radius 3 is 2.18 bits per heavy atom. The van der Waals surface area contributed by atoms with Crippen LogP contribution in [0.15, 0.2) is 78.9 Å². The Bertz CT molecular complexity index is 1410. The van der Waals surface area contributed by atoms with Crippen LogP contribution in [0.4, 0.5) is 4.79 Å². The molecule has 3 aromatic rings. The van der Waals surface area contributed by atoms with Gasteiger partial charge in [0.15, 0.2) is 0 Å². The lowest BCUT2D eigenvalue weighted by Crippen LogP contribution is -2.54. The van der Waals surface area contributed by atoms with Gasteiger partial charge in [0.25, 0.3) is 0 Å². The predicted molar refractivity (Wildman–Crippen MR) is 172 cm³/mol. The van der Waals surface area contributed by atoms with Crippen molar-refractivity contribution in [2.24, 2.45) is 0 Å². The first kappa shape index (κ1) is 33.7. The van der Waals surface area contributed by atoms with Crippen LogP contribution in [-0.4, -0.2) is 46.1 Å². The molecule has 0 saturated carbocycles. The fourth-order valence-corrected chi connectivity index (χ4v) is 4.73. The van der Waals surface area contributed by atoms with Crippen molar-refractivity contribution in [2.75, 3.05) is 6.54 Å². The summed E-state index contributed by atoms with van der Waals surface area (Å²) in [7, 11) is 0. The number of amides is 3. The number of carbonyl (C=O) groups excluding carboxylic acids is 3. The van der Waals surface area contributed by atoms with E-state index in [1.165, 1.54) is 12.1 Å². The van der Waals surface area contributed by atoms with Crippen molar-refractivity contribution < 1.29 is 24.2 Å². The van der Waals surface area contributed by atoms with Crippen LogP contribution in [0, 0.1) is 12.3 Å². The van der Waals surface area contributed by atoms with Crippen molar-refractivity contribution in [3.8, 4) is 18.1 Å². The number of aromatic hydroxyl groups is 1. The third-order valence-electron chi connectivity index (χ3n) is 6.91. The molecule has 8 nitrogen and oxygen atoms in total. The fourth-order valence-electron chi connectivity index (χ4n) is 4.73. The minimum atomic E-state index is -1.05. The van der Waals surface area contributed by atoms with Gasteiger partial charge < -0.3 is 25.4 Å². The Morgan fingerprint density at radius 1 is 0.932 bits per heavy atom. The minimum absolute atomic E-state index is 0.0866. The van der Waals surface area contributed by atoms with Gasteiger partial charge in [-0.1, -0.05) is 80.3 Å². The quantitative estimate of drug-likeness (QED) is 0.168. The van der Waals surface area contributed by atoms with E-state index in [0.29, 0.717) is 23.1 Å². The zero-order chi connectivity index (χ0) is 32.1. The van der Waals surface area contributed by atoms with E-state index in [1.54, 1.807) is 62.1 Å². The summed E-state index contributed by atoms with van der Waals surface area (Å²) in [5.74, 6) is 1.90. The Hall–Kier alpha value is -4.77. The van der Waals surface area contributed by atoms with Gasteiger partial charge in [0.1, 0.15) is 23.4 Å². The third kappa shape index (κ3) is 10.5. The van der Waals surface area contributed by atoms with Crippen LogP contribution in [0.2, 0.25) is 0 Å². The normalized spacial score (nSPS) is 12.3. The standard InChI is InChI=1S/C36H43N3O5/c1-6-8-12-23-39(34(42)31(38-35(43)44-36(3,4)5)24-27-17-21-30(40)22-18-27)32(29-19-15-26(7-2)16-20-29)33(41)37-25-28-13-10-9-11-14-28/h2,9-11,13-22,31-32,40H,6,8,12,23-25H2,1,3-5H3,(H,37,41)(H,38,43). The zero-order valence-electron chi connectivity index (χ0n) is 26.0. The van der Waals surface area contributed by atoms with Gasteiger partial charge in [0, 0.05) is 25.1 Å². The van der Waals surface area contributed by atoms with Gasteiger partial charge in [-0.05, 0) is 68.1 Å². The van der Waals surface area contributed by atoms with Crippen LogP contribution in [-0.2, 0) is 27.3 Å². The maximum Gasteiger partial charge on any atom is 0.408 e. The SMILES string of the molecule is C#Cc1ccc(C(C(=O)NCc2ccccc2)N(CCCCC)C(=O)C(Cc2ccc(O)cc2)NC(=O)OC(C)(C)C)cc1. The van der Waals surface area contributed by atoms with Crippen molar-refractivity contribution in [3.05, 3.63) is 101 Å². The second-order valence-electron chi connectivity index (χ2n) is 11.7. The maximum absolute atomic E-state index is 14.5. The van der Waals surface area contributed by atoms with Crippen LogP contribution < -0.4 is 10.6 Å². The number of ether oxygens (including phenoxy) is 1. The lowest BCUT2D eigenvalue weighted by atomic mass is 9.98. The van der Waals surface area contributed by atoms with Gasteiger partial charge in [0.05, 0.1) is 0 Å². The number of benzene rings is 3. The number of unbranched alkanes of at least 4 members (excludes halogenated alkanes) is 2. The lowest BCUT2D eigenvalue weighted by molar-refractivity contribution is -0.142. The number of terminal acetylenes is 1. The molecule has 0 aliphatic carbocycles. The van der Waals surface area contributed by atoms with E-state index in [-0.39, 0.29) is 31.2 Å². The van der Waals surface area contributed by atoms with Crippen LogP contribution in [0.25, 0.3) is 0 Å². The smallest absolute Gasteiger partial charge is 0.408 e. The average Bonchev–Trinajstić information content (AvgIpc) is 3.00. The van der Waals surface area contributed by atoms with Crippen LogP contribution in [0.3, 0.4) is 0 Å². The Kier molecular flexibility index (Phi) is 12.4. The number of nitrogens with one attached hydrogen (secondary N) is 2. The lowest BCUT2D eigenvalue weighted by Gasteiger charge is -2.34. The van der Waals surface area contributed by atoms with Gasteiger partial charge in [-0.25, -0.2) is 4.79 Å². The summed E-state index contributed by atoms with van der Waals surface area (Å²) in [6.45, 7) is 7.86. The summed E-state index contributed by atoms with van der Waals surface area (Å²) in [4.78, 5) is 43.0. The number of carbonyl (C=O) groups is 3. The van der Waals surface area contributed by atoms with E-state index in [0.717, 1.165) is 18.4 Å². The van der Waals surface area contributed by atoms with Crippen LogP contribution in [0.5, 0.6) is 5.75 Å². The van der Waals surface area contributed by atoms with E-state index in [4.69, 9.17) is 11.2 Å². The number of hydrogen-bond acceptors (Lipinski definition) is 5. The first-order chi connectivity index (χ1) is 21.0. The van der Waals surface area contributed by atoms with Gasteiger partial charge in [0.2, 0.25) is 11.8 Å². The van der Waals surface area contributed by atoms with Gasteiger partial charge in [-0.3, -0.25) is 9.59 Å². The second kappa shape index (κ2) is 16.2. The molecule has 0 radical (unpaired) electrons. The summed E-state index contributed by atoms with van der Waals surface area (Å²) < 4.78 is 5.50. The third-order valence-corrected chi connectivity index (χ3v) is 6.91. The van der Waals surface area contributed by atoms with Gasteiger partial charge in [-0.15, -0.1) is 6.42 Å². The molecule has 3 rings (SSSR count). The molecule has 8 heteroatoms. The minimum Gasteiger partial charge on any atom is -0.508 e. The Labute approximate surface area is 260 Å². The summed E-state index contributed by atoms with van der Waals surface area (Å²) >= 11 is 0. The molecule has 3 amide bonds. The molecule has 0 heterocycles. The molecular formula is C36H43N3O5. The summed E-state index contributed by atoms with van der Waals surface area (Å²) in [6.07, 6.45) is 7.39. The molecule has 2 unspecified atom stereocenters. The number of phenols is 1. The average molecular weight is 598 g/mol. The van der Waals surface area contributed by atoms with Crippen LogP contribution in [0.1, 0.15) is 75.3 Å². The molecule has 0 aliphatic rings. The largest absolute Gasteiger partial charge is 0.508 e. The van der Waals surface area contributed by atoms with Crippen molar-refractivity contribution in [3.63, 3.8) is 0 Å². The molecule has 0 bridgehead atoms. The highest BCUT2D eigenvalue weighted by Gasteiger charge is 2.36. The van der Waals surface area contributed by atoms with Crippen molar-refractivity contribution in [1.82, 2.24) is 15.5 Å². The molecule has 0 saturated heterocycles. The molecule has 0 aromatic heterocycles. The van der Waals surface area contributed by atoms with Crippen molar-refractivity contribution in [2.45, 2.75) is 77.6 Å².